The number of rotatable bonds is 3. The van der Waals surface area contributed by atoms with Crippen molar-refractivity contribution in [2.45, 2.75) is 25.0 Å². The van der Waals surface area contributed by atoms with Crippen LogP contribution in [-0.4, -0.2) is 16.3 Å². The molecule has 1 fully saturated rings. The average molecular weight is 445 g/mol. The molecule has 1 aliphatic rings. The first-order valence-corrected chi connectivity index (χ1v) is 7.28. The van der Waals surface area contributed by atoms with E-state index in [2.05, 4.69) is 45.2 Å². The van der Waals surface area contributed by atoms with Crippen LogP contribution in [-0.2, 0) is 0 Å². The average Bonchev–Trinajstić information content (AvgIpc) is 3.05. The molecule has 0 aliphatic heterocycles. The predicted octanol–water partition coefficient (Wildman–Crippen LogP) is 2.37. The van der Waals surface area contributed by atoms with E-state index in [1.807, 2.05) is 12.1 Å². The summed E-state index contributed by atoms with van der Waals surface area (Å²) >= 11 is 4.26. The van der Waals surface area contributed by atoms with Crippen molar-refractivity contribution in [1.29, 1.82) is 0 Å². The van der Waals surface area contributed by atoms with Gasteiger partial charge in [0.15, 0.2) is 0 Å². The fraction of sp³-hybridized carbons (Fsp3) is 0.455. The van der Waals surface area contributed by atoms with E-state index in [1.165, 1.54) is 0 Å². The molecule has 0 radical (unpaired) electrons. The van der Waals surface area contributed by atoms with Crippen molar-refractivity contribution in [2.24, 2.45) is 11.7 Å². The topological polar surface area (TPSA) is 66.5 Å². The summed E-state index contributed by atoms with van der Waals surface area (Å²) in [6, 6.07) is 3.24. The molecule has 5 heteroatoms. The molecule has 3 nitrogen and oxygen atoms in total. The minimum atomic E-state index is -0.542. The molecule has 1 aromatic rings. The zero-order chi connectivity index (χ0) is 11.9. The highest BCUT2D eigenvalue weighted by Gasteiger charge is 2.35. The molecule has 0 saturated heterocycles. The molecular formula is C11H13I2NO2. The number of benzene rings is 1. The van der Waals surface area contributed by atoms with Gasteiger partial charge in [0.2, 0.25) is 0 Å². The molecule has 1 saturated carbocycles. The van der Waals surface area contributed by atoms with Crippen LogP contribution >= 0.6 is 45.2 Å². The summed E-state index contributed by atoms with van der Waals surface area (Å²) < 4.78 is 1.80. The Morgan fingerprint density at radius 3 is 2.50 bits per heavy atom. The predicted molar refractivity (Wildman–Crippen MR) is 79.2 cm³/mol. The highest BCUT2D eigenvalue weighted by atomic mass is 127. The maximum absolute atomic E-state index is 9.98. The van der Waals surface area contributed by atoms with Crippen LogP contribution in [0.2, 0.25) is 0 Å². The summed E-state index contributed by atoms with van der Waals surface area (Å²) in [4.78, 5) is 0. The van der Waals surface area contributed by atoms with Crippen LogP contribution in [0, 0.1) is 13.1 Å². The Hall–Kier alpha value is 0.400. The van der Waals surface area contributed by atoms with Crippen LogP contribution in [0.3, 0.4) is 0 Å². The molecule has 0 heterocycles. The highest BCUT2D eigenvalue weighted by molar-refractivity contribution is 14.1. The van der Waals surface area contributed by atoms with Gasteiger partial charge in [0.1, 0.15) is 5.75 Å². The molecule has 0 unspecified atom stereocenters. The molecule has 1 aromatic carbocycles. The van der Waals surface area contributed by atoms with E-state index in [-0.39, 0.29) is 5.75 Å². The van der Waals surface area contributed by atoms with E-state index in [0.29, 0.717) is 11.5 Å². The monoisotopic (exact) mass is 445 g/mol. The summed E-state index contributed by atoms with van der Waals surface area (Å²) in [5.41, 5.74) is 6.65. The smallest absolute Gasteiger partial charge is 0.133 e. The SMILES string of the molecule is N[C@@H](c1cc(I)cc(I)c1O)[C@H](O)C1CC1. The molecule has 0 spiro atoms. The molecule has 88 valence electrons. The van der Waals surface area contributed by atoms with Crippen LogP contribution in [0.1, 0.15) is 24.4 Å². The van der Waals surface area contributed by atoms with Gasteiger partial charge in [-0.2, -0.15) is 0 Å². The normalized spacial score (nSPS) is 19.5. The number of phenols is 1. The van der Waals surface area contributed by atoms with Crippen LogP contribution in [0.25, 0.3) is 0 Å². The second-order valence-electron chi connectivity index (χ2n) is 4.18. The van der Waals surface area contributed by atoms with Gasteiger partial charge in [-0.15, -0.1) is 0 Å². The standard InChI is InChI=1S/C11H13I2NO2/c12-6-3-7(11(16)8(13)4-6)9(14)10(15)5-1-2-5/h3-5,9-10,15-16H,1-2,14H2/t9-,10+/m0/s1. The summed E-state index contributed by atoms with van der Waals surface area (Å²) in [6.07, 6.45) is 1.53. The van der Waals surface area contributed by atoms with Gasteiger partial charge in [0.25, 0.3) is 0 Å². The quantitative estimate of drug-likeness (QED) is 0.627. The number of phenolic OH excluding ortho intramolecular Hbond substituents is 1. The van der Waals surface area contributed by atoms with E-state index in [4.69, 9.17) is 5.73 Å². The minimum absolute atomic E-state index is 0.202. The van der Waals surface area contributed by atoms with Gasteiger partial charge in [0, 0.05) is 9.13 Å². The second-order valence-corrected chi connectivity index (χ2v) is 6.59. The molecule has 4 N–H and O–H groups in total. The third-order valence-corrected chi connectivity index (χ3v) is 4.33. The van der Waals surface area contributed by atoms with Gasteiger partial charge in [0.05, 0.1) is 15.7 Å². The third-order valence-electron chi connectivity index (χ3n) is 2.89. The Morgan fingerprint density at radius 2 is 1.94 bits per heavy atom. The first-order valence-electron chi connectivity index (χ1n) is 5.12. The van der Waals surface area contributed by atoms with Gasteiger partial charge >= 0.3 is 0 Å². The maximum Gasteiger partial charge on any atom is 0.133 e. The van der Waals surface area contributed by atoms with E-state index in [1.54, 1.807) is 0 Å². The van der Waals surface area contributed by atoms with Crippen molar-refractivity contribution < 1.29 is 10.2 Å². The van der Waals surface area contributed by atoms with Crippen LogP contribution in [0.15, 0.2) is 12.1 Å². The van der Waals surface area contributed by atoms with Gasteiger partial charge in [-0.25, -0.2) is 0 Å². The number of aliphatic hydroxyl groups is 1. The Bertz CT molecular complexity index is 407. The van der Waals surface area contributed by atoms with Gasteiger partial charge < -0.3 is 15.9 Å². The van der Waals surface area contributed by atoms with E-state index in [0.717, 1.165) is 20.0 Å². The first-order chi connectivity index (χ1) is 7.50. The van der Waals surface area contributed by atoms with Crippen molar-refractivity contribution in [1.82, 2.24) is 0 Å². The van der Waals surface area contributed by atoms with Crippen LogP contribution < -0.4 is 5.73 Å². The van der Waals surface area contributed by atoms with Crippen LogP contribution in [0.5, 0.6) is 5.75 Å². The summed E-state index contributed by atoms with van der Waals surface area (Å²) in [5.74, 6) is 0.512. The zero-order valence-corrected chi connectivity index (χ0v) is 12.8. The Morgan fingerprint density at radius 1 is 1.31 bits per heavy atom. The van der Waals surface area contributed by atoms with Crippen molar-refractivity contribution in [3.63, 3.8) is 0 Å². The van der Waals surface area contributed by atoms with Crippen molar-refractivity contribution >= 4 is 45.2 Å². The number of halogens is 2. The van der Waals surface area contributed by atoms with E-state index < -0.39 is 12.1 Å². The van der Waals surface area contributed by atoms with Crippen LogP contribution in [0.4, 0.5) is 0 Å². The van der Waals surface area contributed by atoms with E-state index >= 15 is 0 Å². The third kappa shape index (κ3) is 2.62. The largest absolute Gasteiger partial charge is 0.506 e. The molecule has 1 aliphatic carbocycles. The number of hydrogen-bond acceptors (Lipinski definition) is 3. The highest BCUT2D eigenvalue weighted by Crippen LogP contribution is 2.40. The van der Waals surface area contributed by atoms with Gasteiger partial charge in [-0.1, -0.05) is 0 Å². The Balaban J connectivity index is 2.31. The van der Waals surface area contributed by atoms with Gasteiger partial charge in [-0.05, 0) is 76.1 Å². The lowest BCUT2D eigenvalue weighted by atomic mass is 9.98. The molecule has 0 bridgehead atoms. The lowest BCUT2D eigenvalue weighted by Gasteiger charge is -2.20. The minimum Gasteiger partial charge on any atom is -0.506 e. The number of hydrogen-bond donors (Lipinski definition) is 3. The molecule has 0 amide bonds. The lowest BCUT2D eigenvalue weighted by molar-refractivity contribution is 0.121. The number of aliphatic hydroxyl groups excluding tert-OH is 1. The van der Waals surface area contributed by atoms with Crippen molar-refractivity contribution in [3.8, 4) is 5.75 Å². The summed E-state index contributed by atoms with van der Waals surface area (Å²) in [7, 11) is 0. The molecule has 16 heavy (non-hydrogen) atoms. The van der Waals surface area contributed by atoms with Gasteiger partial charge in [-0.3, -0.25) is 0 Å². The first kappa shape index (κ1) is 12.8. The summed E-state index contributed by atoms with van der Waals surface area (Å²) in [6.45, 7) is 0. The fourth-order valence-corrected chi connectivity index (χ4v) is 3.64. The molecule has 2 rings (SSSR count). The number of aromatic hydroxyl groups is 1. The molecule has 2 atom stereocenters. The molecular weight excluding hydrogens is 432 g/mol. The zero-order valence-electron chi connectivity index (χ0n) is 8.53. The van der Waals surface area contributed by atoms with Crippen molar-refractivity contribution in [3.05, 3.63) is 24.8 Å². The second kappa shape index (κ2) is 4.95. The maximum atomic E-state index is 9.98. The Kier molecular flexibility index (Phi) is 3.97. The lowest BCUT2D eigenvalue weighted by Crippen LogP contribution is -2.28. The number of nitrogens with two attached hydrogens (primary N) is 1. The Labute approximate surface area is 122 Å². The fourth-order valence-electron chi connectivity index (χ4n) is 1.75. The van der Waals surface area contributed by atoms with E-state index in [9.17, 15) is 10.2 Å². The van der Waals surface area contributed by atoms with Crippen molar-refractivity contribution in [2.75, 3.05) is 0 Å². The molecule has 0 aromatic heterocycles. The summed E-state index contributed by atoms with van der Waals surface area (Å²) in [5, 5.41) is 19.9.